The monoisotopic (exact) mass is 1510 g/mol. The molecule has 4 heteroatoms. The van der Waals surface area contributed by atoms with Crippen LogP contribution in [0.3, 0.4) is 0 Å². The van der Waals surface area contributed by atoms with Gasteiger partial charge in [-0.3, -0.25) is 0 Å². The Morgan fingerprint density at radius 2 is 0.217 bits per heavy atom. The molecule has 0 spiro atoms. The Balaban J connectivity index is -0.0000000939. The van der Waals surface area contributed by atoms with Gasteiger partial charge in [-0.25, -0.2) is 0 Å². The fourth-order valence-electron chi connectivity index (χ4n) is 4.63. The maximum absolute atomic E-state index is 2.99. The van der Waals surface area contributed by atoms with Gasteiger partial charge in [-0.05, 0) is 0 Å². The molecule has 0 amide bonds. The van der Waals surface area contributed by atoms with E-state index in [1.165, 1.54) is 44.5 Å². The molecule has 8 aromatic rings. The second kappa shape index (κ2) is 45.1. The van der Waals surface area contributed by atoms with Crippen LogP contribution in [-0.2, 0) is 84.3 Å². The van der Waals surface area contributed by atoms with Crippen LogP contribution in [0.15, 0.2) is 194 Å². The Kier molecular flexibility index (Phi) is 55.6. The predicted octanol–water partition coefficient (Wildman–Crippen LogP) is 15.4. The summed E-state index contributed by atoms with van der Waals surface area (Å²) in [5, 5.41) is 0. The average Bonchev–Trinajstić information content (AvgIpc) is 3.21. The van der Waals surface area contributed by atoms with Crippen molar-refractivity contribution in [1.29, 1.82) is 0 Å². The van der Waals surface area contributed by atoms with Gasteiger partial charge in [0.05, 0.1) is 0 Å². The minimum atomic E-state index is 0. The van der Waals surface area contributed by atoms with Crippen LogP contribution in [0, 0.1) is 108 Å². The fourth-order valence-corrected chi connectivity index (χ4v) is 4.63. The van der Waals surface area contributed by atoms with Crippen LogP contribution in [0.2, 0.25) is 0 Å². The quantitative estimate of drug-likeness (QED) is 0.154. The van der Waals surface area contributed by atoms with E-state index in [1.54, 1.807) is 0 Å². The van der Waals surface area contributed by atoms with Gasteiger partial charge >= 0.3 is 84.3 Å². The number of hydrogen-bond acceptors (Lipinski definition) is 0. The van der Waals surface area contributed by atoms with E-state index in [0.29, 0.717) is 0 Å². The van der Waals surface area contributed by atoms with Crippen LogP contribution in [0.1, 0.15) is 0 Å². The van der Waals surface area contributed by atoms with Crippen LogP contribution in [0.4, 0.5) is 0 Å². The molecule has 0 aromatic heterocycles. The third-order valence-electron chi connectivity index (χ3n) is 7.08. The molecular formula is C56H56Pt4. The molecule has 0 aliphatic carbocycles. The zero-order chi connectivity index (χ0) is 32.9. The van der Waals surface area contributed by atoms with E-state index >= 15 is 0 Å². The Morgan fingerprint density at radius 3 is 0.283 bits per heavy atom. The number of rotatable bonds is 4. The summed E-state index contributed by atoms with van der Waals surface area (Å²) in [6.45, 7) is 0. The first-order valence-electron chi connectivity index (χ1n) is 15.6. The molecule has 0 aliphatic heterocycles. The Hall–Kier alpha value is -3.49. The molecular weight excluding hydrogens is 1450 g/mol. The molecule has 0 N–H and O–H groups in total. The van der Waals surface area contributed by atoms with E-state index in [1.807, 2.05) is 97.1 Å². The number of benzene rings is 8. The largest absolute Gasteiger partial charge is 4.00 e. The van der Waals surface area contributed by atoms with Crippen molar-refractivity contribution in [2.75, 3.05) is 0 Å². The molecule has 8 aromatic carbocycles. The van der Waals surface area contributed by atoms with Gasteiger partial charge < -0.3 is 59.4 Å². The zero-order valence-electron chi connectivity index (χ0n) is 35.7. The molecule has 0 radical (unpaired) electrons. The summed E-state index contributed by atoms with van der Waals surface area (Å²) in [4.78, 5) is 0. The molecule has 0 saturated carbocycles. The second-order valence-electron chi connectivity index (χ2n) is 10.3. The maximum atomic E-state index is 2.99. The molecule has 0 nitrogen and oxygen atoms in total. The van der Waals surface area contributed by atoms with Gasteiger partial charge in [0.25, 0.3) is 0 Å². The van der Waals surface area contributed by atoms with Crippen molar-refractivity contribution in [2.24, 2.45) is 0 Å². The molecule has 0 saturated heterocycles. The van der Waals surface area contributed by atoms with Crippen LogP contribution in [0.5, 0.6) is 0 Å². The van der Waals surface area contributed by atoms with E-state index < -0.39 is 0 Å². The van der Waals surface area contributed by atoms with Gasteiger partial charge in [-0.15, -0.1) is 0 Å². The Labute approximate surface area is 426 Å². The molecule has 0 fully saturated rings. The topological polar surface area (TPSA) is 0 Å². The van der Waals surface area contributed by atoms with Crippen LogP contribution in [0.25, 0.3) is 44.5 Å². The third kappa shape index (κ3) is 26.7. The van der Waals surface area contributed by atoms with Gasteiger partial charge in [-0.1, -0.05) is 0 Å². The molecule has 60 heavy (non-hydrogen) atoms. The van der Waals surface area contributed by atoms with Gasteiger partial charge in [0.1, 0.15) is 0 Å². The smallest absolute Gasteiger partial charge is 0.358 e. The molecule has 0 bridgehead atoms. The molecule has 0 aliphatic rings. The Morgan fingerprint density at radius 1 is 0.150 bits per heavy atom. The van der Waals surface area contributed by atoms with Crippen molar-refractivity contribution in [3.8, 4) is 44.5 Å². The minimum absolute atomic E-state index is 0. The third-order valence-corrected chi connectivity index (χ3v) is 7.08. The first-order valence-corrected chi connectivity index (χ1v) is 15.6. The van der Waals surface area contributed by atoms with E-state index in [-0.39, 0.29) is 144 Å². The first-order chi connectivity index (χ1) is 23.9. The summed E-state index contributed by atoms with van der Waals surface area (Å²) < 4.78 is 0. The first kappa shape index (κ1) is 74.0. The van der Waals surface area contributed by atoms with Gasteiger partial charge in [-0.2, -0.15) is 287 Å². The van der Waals surface area contributed by atoms with Gasteiger partial charge in [0.15, 0.2) is 0 Å². The van der Waals surface area contributed by atoms with E-state index in [2.05, 4.69) is 146 Å². The zero-order valence-corrected chi connectivity index (χ0v) is 44.8. The van der Waals surface area contributed by atoms with E-state index in [0.717, 1.165) is 0 Å². The van der Waals surface area contributed by atoms with Gasteiger partial charge in [0.2, 0.25) is 0 Å². The van der Waals surface area contributed by atoms with Crippen LogP contribution >= 0.6 is 0 Å². The van der Waals surface area contributed by atoms with E-state index in [9.17, 15) is 0 Å². The van der Waals surface area contributed by atoms with Crippen LogP contribution in [-0.4, -0.2) is 0 Å². The summed E-state index contributed by atoms with van der Waals surface area (Å²) in [6, 6.07) is 87.5. The van der Waals surface area contributed by atoms with Crippen molar-refractivity contribution in [3.63, 3.8) is 0 Å². The molecule has 0 unspecified atom stereocenters. The molecule has 8 rings (SSSR count). The SMILES string of the molecule is [CH3-].[CH3-].[CH3-].[CH3-].[CH3-].[CH3-].[CH3-].[CH3-].[Pt+4].[Pt+4].[Pt+4].[Pt+4].[c-]1ccc(-c2cc[c-]cc2)cc1.[c-]1ccc(-c2cc[c-]cc2)cc1.[c-]1ccc(-c2cc[c-]cc2)cc1.[c-]1ccc(-c2cc[c-]cc2)cc1. The summed E-state index contributed by atoms with van der Waals surface area (Å²) in [6.07, 6.45) is 0. The summed E-state index contributed by atoms with van der Waals surface area (Å²) in [5.74, 6) is 0. The standard InChI is InChI=1S/4C12H8.8CH3.4Pt/c4*1-3-7-11(8-4-1)12-9-5-2-6-10-12;;;;;;;;;;;;/h4*3-10H;8*1H3;;;;/q4*-2;8*-1;4*+4. The maximum Gasteiger partial charge on any atom is 4.00 e. The van der Waals surface area contributed by atoms with Crippen molar-refractivity contribution in [3.05, 3.63) is 302 Å². The van der Waals surface area contributed by atoms with Crippen molar-refractivity contribution in [1.82, 2.24) is 0 Å². The molecule has 320 valence electrons. The summed E-state index contributed by atoms with van der Waals surface area (Å²) >= 11 is 0. The average molecular weight is 1510 g/mol. The Bertz CT molecular complexity index is 1510. The summed E-state index contributed by atoms with van der Waals surface area (Å²) in [7, 11) is 0. The van der Waals surface area contributed by atoms with E-state index in [4.69, 9.17) is 0 Å². The van der Waals surface area contributed by atoms with Crippen molar-refractivity contribution < 1.29 is 84.3 Å². The number of hydrogen-bond donors (Lipinski definition) is 0. The second-order valence-corrected chi connectivity index (χ2v) is 10.3. The minimum Gasteiger partial charge on any atom is -0.358 e. The molecule has 0 atom stereocenters. The van der Waals surface area contributed by atoms with Crippen molar-refractivity contribution >= 4 is 0 Å². The van der Waals surface area contributed by atoms with Crippen molar-refractivity contribution in [2.45, 2.75) is 0 Å². The molecule has 0 heterocycles. The normalized spacial score (nSPS) is 7.73. The van der Waals surface area contributed by atoms with Gasteiger partial charge in [0, 0.05) is 0 Å². The fraction of sp³-hybridized carbons (Fsp3) is 0. The van der Waals surface area contributed by atoms with Crippen LogP contribution < -0.4 is 0 Å². The summed E-state index contributed by atoms with van der Waals surface area (Å²) in [5.41, 5.74) is 9.80. The predicted molar refractivity (Wildman–Crippen MR) is 250 cm³/mol.